The molecule has 2 bridgehead atoms. The minimum atomic E-state index is -5.38. The summed E-state index contributed by atoms with van der Waals surface area (Å²) in [7, 11) is 0. The molecule has 5 saturated heterocycles. The van der Waals surface area contributed by atoms with E-state index in [-0.39, 0.29) is 60.3 Å². The van der Waals surface area contributed by atoms with Gasteiger partial charge in [0.15, 0.2) is 0 Å². The summed E-state index contributed by atoms with van der Waals surface area (Å²) in [5.41, 5.74) is -8.32. The van der Waals surface area contributed by atoms with Crippen molar-refractivity contribution in [2.24, 2.45) is 0 Å². The Morgan fingerprint density at radius 2 is 1.91 bits per heavy atom. The zero-order chi connectivity index (χ0) is 34.6. The first kappa shape index (κ1) is 28.8. The van der Waals surface area contributed by atoms with E-state index in [9.17, 15) is 40.6 Å². The molecule has 4 atom stereocenters. The highest BCUT2D eigenvalue weighted by Crippen LogP contribution is 2.44. The lowest BCUT2D eigenvalue weighted by Crippen LogP contribution is -2.61. The first-order valence-electron chi connectivity index (χ1n) is 15.6. The van der Waals surface area contributed by atoms with Crippen molar-refractivity contribution in [2.45, 2.75) is 68.3 Å². The van der Waals surface area contributed by atoms with Crippen molar-refractivity contribution in [3.8, 4) is 17.4 Å². The van der Waals surface area contributed by atoms with Crippen LogP contribution in [0, 0.1) is 0 Å². The average molecular weight is 679 g/mol. The van der Waals surface area contributed by atoms with E-state index in [0.29, 0.717) is 37.7 Å². The molecule has 2 unspecified atom stereocenters. The highest BCUT2D eigenvalue weighted by molar-refractivity contribution is 6.31. The molecule has 5 aliphatic rings. The van der Waals surface area contributed by atoms with Crippen LogP contribution in [-0.4, -0.2) is 81.1 Å². The fraction of sp³-hybridized carbons (Fsp3) is 0.552. The normalized spacial score (nSPS) is 28.4. The molecule has 248 valence electrons. The molecule has 0 saturated carbocycles. The van der Waals surface area contributed by atoms with E-state index in [1.807, 2.05) is 0 Å². The molecule has 0 aliphatic carbocycles. The molecule has 2 N–H and O–H groups in total. The maximum absolute atomic E-state index is 14.7. The van der Waals surface area contributed by atoms with Gasteiger partial charge >= 0.3 is 18.4 Å². The number of aromatic hydroxyl groups is 1. The molecule has 0 spiro atoms. The number of phenolic OH excluding ortho intramolecular Hbond substituents is 1. The standard InChI is InChI=1S/C29H28ClF7N6O3/c30-19-6-17(44)7-20(22(19)29(35,36)37)43-21(28(32,33)34)8-18-23(25(43)45)39-26(40-24(18)42-12-15-2-3-16(42)10-38-15)46-13-27-4-1-5-41(27)11-14(31)9-27/h6-8,14-16,38,44H,1-5,9-13H2/t14-,15?,16?,27+/m1/s1/i5D2. The van der Waals surface area contributed by atoms with E-state index in [1.54, 1.807) is 4.90 Å². The predicted octanol–water partition coefficient (Wildman–Crippen LogP) is 5.07. The van der Waals surface area contributed by atoms with Crippen LogP contribution in [0.2, 0.25) is 5.02 Å². The van der Waals surface area contributed by atoms with Crippen LogP contribution in [0.4, 0.5) is 36.6 Å². The van der Waals surface area contributed by atoms with E-state index in [0.717, 1.165) is 6.42 Å². The van der Waals surface area contributed by atoms with Crippen molar-refractivity contribution in [1.29, 1.82) is 0 Å². The summed E-state index contributed by atoms with van der Waals surface area (Å²) in [6.07, 6.45) is -10.4. The van der Waals surface area contributed by atoms with Gasteiger partial charge in [0, 0.05) is 46.9 Å². The van der Waals surface area contributed by atoms with E-state index in [4.69, 9.17) is 19.1 Å². The molecular formula is C29H28ClF7N6O3. The number of benzene rings is 1. The summed E-state index contributed by atoms with van der Waals surface area (Å²) in [4.78, 5) is 25.7. The number of ether oxygens (including phenoxy) is 1. The Morgan fingerprint density at radius 3 is 2.57 bits per heavy atom. The highest BCUT2D eigenvalue weighted by Gasteiger charge is 2.50. The Morgan fingerprint density at radius 1 is 1.13 bits per heavy atom. The summed E-state index contributed by atoms with van der Waals surface area (Å²) in [5.74, 6) is -1.02. The maximum atomic E-state index is 14.7. The van der Waals surface area contributed by atoms with Gasteiger partial charge in [-0.2, -0.15) is 36.3 Å². The quantitative estimate of drug-likeness (QED) is 0.362. The lowest BCUT2D eigenvalue weighted by Gasteiger charge is -2.46. The summed E-state index contributed by atoms with van der Waals surface area (Å²) in [6.45, 7) is -1.57. The van der Waals surface area contributed by atoms with Crippen LogP contribution in [0.3, 0.4) is 0 Å². The summed E-state index contributed by atoms with van der Waals surface area (Å²) >= 11 is 5.78. The number of nitrogens with zero attached hydrogens (tertiary/aromatic N) is 5. The van der Waals surface area contributed by atoms with Gasteiger partial charge in [-0.3, -0.25) is 14.3 Å². The second-order valence-electron chi connectivity index (χ2n) is 12.2. The predicted molar refractivity (Wildman–Crippen MR) is 153 cm³/mol. The molecule has 17 heteroatoms. The molecule has 5 aliphatic heterocycles. The van der Waals surface area contributed by atoms with Gasteiger partial charge in [0.05, 0.1) is 27.2 Å². The van der Waals surface area contributed by atoms with E-state index in [2.05, 4.69) is 15.3 Å². The summed E-state index contributed by atoms with van der Waals surface area (Å²) < 4.78 is 124. The molecule has 3 aromatic rings. The van der Waals surface area contributed by atoms with Gasteiger partial charge < -0.3 is 20.1 Å². The van der Waals surface area contributed by atoms with Crippen LogP contribution >= 0.6 is 11.6 Å². The van der Waals surface area contributed by atoms with Crippen LogP contribution in [0.5, 0.6) is 11.8 Å². The molecule has 9 nitrogen and oxygen atoms in total. The van der Waals surface area contributed by atoms with Crippen LogP contribution in [-0.2, 0) is 12.4 Å². The number of pyridine rings is 1. The lowest BCUT2D eigenvalue weighted by molar-refractivity contribution is -0.144. The summed E-state index contributed by atoms with van der Waals surface area (Å²) in [5, 5.41) is 11.9. The molecule has 1 aromatic carbocycles. The Bertz CT molecular complexity index is 1850. The largest absolute Gasteiger partial charge is 0.508 e. The number of halogens is 8. The molecule has 0 amide bonds. The van der Waals surface area contributed by atoms with Gasteiger partial charge in [-0.25, -0.2) is 4.39 Å². The van der Waals surface area contributed by atoms with Crippen molar-refractivity contribution in [1.82, 2.24) is 24.8 Å². The molecule has 7 heterocycles. The Balaban J connectivity index is 1.44. The smallest absolute Gasteiger partial charge is 0.431 e. The first-order chi connectivity index (χ1) is 22.4. The maximum Gasteiger partial charge on any atom is 0.431 e. The fourth-order valence-electron chi connectivity index (χ4n) is 7.16. The topological polar surface area (TPSA) is 95.8 Å². The second kappa shape index (κ2) is 10.8. The fourth-order valence-corrected chi connectivity index (χ4v) is 7.48. The minimum absolute atomic E-state index is 0.0521. The second-order valence-corrected chi connectivity index (χ2v) is 12.6. The van der Waals surface area contributed by atoms with Gasteiger partial charge in [-0.15, -0.1) is 0 Å². The van der Waals surface area contributed by atoms with Crippen LogP contribution < -0.4 is 20.5 Å². The number of hydrogen-bond acceptors (Lipinski definition) is 8. The SMILES string of the molecule is [2H]C1([2H])CC[C@@]2(COc3nc(N4CC5CCC4CN5)c4cc(C(F)(F)F)n(-c5cc(O)cc(Cl)c5C(F)(F)F)c(=O)c4n3)C[C@@H](F)CN12. The van der Waals surface area contributed by atoms with Gasteiger partial charge in [-0.05, 0) is 44.3 Å². The van der Waals surface area contributed by atoms with Gasteiger partial charge in [0.2, 0.25) is 0 Å². The third kappa shape index (κ3) is 5.21. The summed E-state index contributed by atoms with van der Waals surface area (Å²) in [6, 6.07) is 0.560. The molecule has 5 fully saturated rings. The Hall–Kier alpha value is -3.37. The minimum Gasteiger partial charge on any atom is -0.508 e. The first-order valence-corrected chi connectivity index (χ1v) is 15.0. The monoisotopic (exact) mass is 678 g/mol. The molecular weight excluding hydrogens is 649 g/mol. The van der Waals surface area contributed by atoms with Crippen LogP contribution in [0.25, 0.3) is 16.6 Å². The number of piperazine rings is 1. The molecule has 0 radical (unpaired) electrons. The number of alkyl halides is 7. The zero-order valence-electron chi connectivity index (χ0n) is 25.9. The highest BCUT2D eigenvalue weighted by atomic mass is 35.5. The number of phenols is 1. The Kier molecular flexibility index (Phi) is 6.79. The van der Waals surface area contributed by atoms with E-state index >= 15 is 0 Å². The average Bonchev–Trinajstić information content (AvgIpc) is 3.46. The number of fused-ring (bicyclic) bond motifs is 5. The van der Waals surface area contributed by atoms with Crippen molar-refractivity contribution in [3.63, 3.8) is 0 Å². The number of hydrogen-bond donors (Lipinski definition) is 2. The van der Waals surface area contributed by atoms with E-state index in [1.165, 1.54) is 4.90 Å². The van der Waals surface area contributed by atoms with Crippen LogP contribution in [0.15, 0.2) is 23.0 Å². The van der Waals surface area contributed by atoms with Gasteiger partial charge in [-0.1, -0.05) is 11.6 Å². The van der Waals surface area contributed by atoms with Crippen LogP contribution in [0.1, 0.15) is 46.1 Å². The van der Waals surface area contributed by atoms with Crippen molar-refractivity contribution in [2.75, 3.05) is 37.6 Å². The number of rotatable bonds is 5. The van der Waals surface area contributed by atoms with Crippen molar-refractivity contribution < 1.29 is 43.3 Å². The number of anilines is 1. The third-order valence-electron chi connectivity index (χ3n) is 9.24. The van der Waals surface area contributed by atoms with Gasteiger partial charge in [0.25, 0.3) is 5.56 Å². The third-order valence-corrected chi connectivity index (χ3v) is 9.54. The number of piperidine rings is 2. The van der Waals surface area contributed by atoms with Crippen molar-refractivity contribution >= 4 is 28.3 Å². The zero-order valence-corrected chi connectivity index (χ0v) is 24.6. The molecule has 46 heavy (non-hydrogen) atoms. The van der Waals surface area contributed by atoms with Crippen molar-refractivity contribution in [3.05, 3.63) is 44.8 Å². The lowest BCUT2D eigenvalue weighted by atomic mass is 9.93. The number of aromatic nitrogens is 3. The molecule has 8 rings (SSSR count). The van der Waals surface area contributed by atoms with Gasteiger partial charge in [0.1, 0.15) is 35.6 Å². The molecule has 2 aromatic heterocycles. The van der Waals surface area contributed by atoms with E-state index < -0.39 is 75.4 Å². The Labute approximate surface area is 264 Å². The number of nitrogens with one attached hydrogen (secondary N) is 1.